The van der Waals surface area contributed by atoms with Gasteiger partial charge in [-0.1, -0.05) is 6.07 Å². The smallest absolute Gasteiger partial charge is 0.328 e. The van der Waals surface area contributed by atoms with Crippen LogP contribution in [0, 0.1) is 0 Å². The van der Waals surface area contributed by atoms with E-state index in [1.807, 2.05) is 11.4 Å². The number of carboxylic acids is 1. The molecule has 1 amide bonds. The fourth-order valence-corrected chi connectivity index (χ4v) is 2.29. The van der Waals surface area contributed by atoms with Crippen LogP contribution < -0.4 is 5.32 Å². The van der Waals surface area contributed by atoms with E-state index < -0.39 is 5.97 Å². The fraction of sp³-hybridized carbons (Fsp3) is 0.0714. The molecule has 2 N–H and O–H groups in total. The zero-order valence-electron chi connectivity index (χ0n) is 10.4. The fourth-order valence-electron chi connectivity index (χ4n) is 1.50. The van der Waals surface area contributed by atoms with Crippen LogP contribution in [0.1, 0.15) is 20.9 Å². The largest absolute Gasteiger partial charge is 0.478 e. The number of thiophene rings is 1. The number of carboxylic acid groups (broad SMARTS) is 1. The summed E-state index contributed by atoms with van der Waals surface area (Å²) >= 11 is 1.46. The quantitative estimate of drug-likeness (QED) is 0.826. The Bertz CT molecular complexity index is 635. The normalized spacial score (nSPS) is 10.6. The van der Waals surface area contributed by atoms with Crippen LogP contribution in [0.3, 0.4) is 0 Å². The molecular weight excluding hydrogens is 276 g/mol. The molecule has 0 aromatic carbocycles. The van der Waals surface area contributed by atoms with E-state index in [0.717, 1.165) is 16.5 Å². The van der Waals surface area contributed by atoms with Crippen molar-refractivity contribution in [3.63, 3.8) is 0 Å². The van der Waals surface area contributed by atoms with Gasteiger partial charge in [-0.25, -0.2) is 4.79 Å². The molecule has 5 nitrogen and oxygen atoms in total. The van der Waals surface area contributed by atoms with Crippen LogP contribution >= 0.6 is 11.3 Å². The molecule has 0 radical (unpaired) electrons. The molecule has 2 rings (SSSR count). The van der Waals surface area contributed by atoms with Crippen molar-refractivity contribution >= 4 is 29.3 Å². The van der Waals surface area contributed by atoms with Crippen molar-refractivity contribution in [1.29, 1.82) is 0 Å². The maximum Gasteiger partial charge on any atom is 0.328 e. The molecule has 2 aromatic rings. The van der Waals surface area contributed by atoms with Crippen LogP contribution in [0.4, 0.5) is 0 Å². The van der Waals surface area contributed by atoms with Crippen LogP contribution in [0.5, 0.6) is 0 Å². The molecule has 0 fully saturated rings. The molecule has 0 bridgehead atoms. The van der Waals surface area contributed by atoms with E-state index in [-0.39, 0.29) is 5.91 Å². The molecule has 2 heterocycles. The minimum Gasteiger partial charge on any atom is -0.478 e. The Morgan fingerprint density at radius 2 is 2.25 bits per heavy atom. The second-order valence-corrected chi connectivity index (χ2v) is 4.91. The molecule has 0 saturated heterocycles. The average molecular weight is 288 g/mol. The highest BCUT2D eigenvalue weighted by atomic mass is 32.1. The molecule has 20 heavy (non-hydrogen) atoms. The number of amides is 1. The Morgan fingerprint density at radius 3 is 2.95 bits per heavy atom. The van der Waals surface area contributed by atoms with Crippen LogP contribution in [0.25, 0.3) is 6.08 Å². The number of nitrogens with zero attached hydrogens (tertiary/aromatic N) is 1. The van der Waals surface area contributed by atoms with Crippen molar-refractivity contribution in [2.75, 3.05) is 0 Å². The predicted molar refractivity (Wildman–Crippen MR) is 76.4 cm³/mol. The number of carbonyl (C=O) groups is 2. The molecule has 0 spiro atoms. The number of hydrogen-bond donors (Lipinski definition) is 2. The number of aromatic nitrogens is 1. The first-order valence-electron chi connectivity index (χ1n) is 5.83. The number of aliphatic carboxylic acids is 1. The minimum atomic E-state index is -0.985. The Labute approximate surface area is 119 Å². The van der Waals surface area contributed by atoms with Gasteiger partial charge in [0.15, 0.2) is 0 Å². The van der Waals surface area contributed by atoms with Crippen molar-refractivity contribution < 1.29 is 14.7 Å². The molecule has 0 atom stereocenters. The van der Waals surface area contributed by atoms with E-state index in [4.69, 9.17) is 5.11 Å². The lowest BCUT2D eigenvalue weighted by Gasteiger charge is -2.02. The summed E-state index contributed by atoms with van der Waals surface area (Å²) in [6.07, 6.45) is 4.16. The maximum absolute atomic E-state index is 11.8. The van der Waals surface area contributed by atoms with Gasteiger partial charge in [-0.2, -0.15) is 0 Å². The zero-order chi connectivity index (χ0) is 14.4. The maximum atomic E-state index is 11.8. The SMILES string of the molecule is O=C(O)C=Cc1csc(CNC(=O)c2ccccn2)c1. The van der Waals surface area contributed by atoms with E-state index in [1.165, 1.54) is 17.4 Å². The third kappa shape index (κ3) is 4.03. The summed E-state index contributed by atoms with van der Waals surface area (Å²) in [6.45, 7) is 0.390. The summed E-state index contributed by atoms with van der Waals surface area (Å²) in [7, 11) is 0. The van der Waals surface area contributed by atoms with Gasteiger partial charge < -0.3 is 10.4 Å². The highest BCUT2D eigenvalue weighted by molar-refractivity contribution is 7.10. The molecule has 6 heteroatoms. The molecular formula is C14H12N2O3S. The summed E-state index contributed by atoms with van der Waals surface area (Å²) in [4.78, 5) is 27.1. The van der Waals surface area contributed by atoms with Crippen molar-refractivity contribution in [3.05, 3.63) is 58.1 Å². The van der Waals surface area contributed by atoms with Crippen molar-refractivity contribution in [1.82, 2.24) is 10.3 Å². The van der Waals surface area contributed by atoms with Crippen molar-refractivity contribution in [2.45, 2.75) is 6.54 Å². The second kappa shape index (κ2) is 6.63. The number of hydrogen-bond acceptors (Lipinski definition) is 4. The van der Waals surface area contributed by atoms with Gasteiger partial charge in [0.05, 0.1) is 6.54 Å². The van der Waals surface area contributed by atoms with Crippen LogP contribution in [0.15, 0.2) is 41.9 Å². The van der Waals surface area contributed by atoms with Gasteiger partial charge >= 0.3 is 5.97 Å². The van der Waals surface area contributed by atoms with Gasteiger partial charge in [0, 0.05) is 17.2 Å². The first-order valence-corrected chi connectivity index (χ1v) is 6.71. The van der Waals surface area contributed by atoms with Crippen LogP contribution in [0.2, 0.25) is 0 Å². The Morgan fingerprint density at radius 1 is 1.40 bits per heavy atom. The molecule has 0 aliphatic carbocycles. The molecule has 0 unspecified atom stereocenters. The monoisotopic (exact) mass is 288 g/mol. The van der Waals surface area contributed by atoms with E-state index >= 15 is 0 Å². The third-order valence-corrected chi connectivity index (χ3v) is 3.37. The van der Waals surface area contributed by atoms with E-state index in [2.05, 4.69) is 10.3 Å². The molecule has 0 aliphatic rings. The van der Waals surface area contributed by atoms with Crippen LogP contribution in [-0.2, 0) is 11.3 Å². The summed E-state index contributed by atoms with van der Waals surface area (Å²) in [5.74, 6) is -1.22. The summed E-state index contributed by atoms with van der Waals surface area (Å²) < 4.78 is 0. The lowest BCUT2D eigenvalue weighted by atomic mass is 10.3. The Hall–Kier alpha value is -2.47. The Balaban J connectivity index is 1.92. The second-order valence-electron chi connectivity index (χ2n) is 3.92. The number of nitrogens with one attached hydrogen (secondary N) is 1. The number of pyridine rings is 1. The number of rotatable bonds is 5. The highest BCUT2D eigenvalue weighted by Crippen LogP contribution is 2.15. The van der Waals surface area contributed by atoms with E-state index in [9.17, 15) is 9.59 Å². The van der Waals surface area contributed by atoms with Gasteiger partial charge in [-0.15, -0.1) is 11.3 Å². The van der Waals surface area contributed by atoms with E-state index in [1.54, 1.807) is 24.4 Å². The van der Waals surface area contributed by atoms with Crippen molar-refractivity contribution in [3.8, 4) is 0 Å². The Kier molecular flexibility index (Phi) is 4.62. The lowest BCUT2D eigenvalue weighted by molar-refractivity contribution is -0.131. The lowest BCUT2D eigenvalue weighted by Crippen LogP contribution is -2.23. The first-order chi connectivity index (χ1) is 9.65. The average Bonchev–Trinajstić information content (AvgIpc) is 2.91. The first kappa shape index (κ1) is 14.0. The predicted octanol–water partition coefficient (Wildman–Crippen LogP) is 2.17. The van der Waals surface area contributed by atoms with Gasteiger partial charge in [0.25, 0.3) is 5.91 Å². The van der Waals surface area contributed by atoms with Crippen molar-refractivity contribution in [2.24, 2.45) is 0 Å². The summed E-state index contributed by atoms with van der Waals surface area (Å²) in [6, 6.07) is 6.98. The molecule has 0 aliphatic heterocycles. The van der Waals surface area contributed by atoms with Gasteiger partial charge in [0.2, 0.25) is 0 Å². The molecule has 0 saturated carbocycles. The highest BCUT2D eigenvalue weighted by Gasteiger charge is 2.06. The van der Waals surface area contributed by atoms with Crippen LogP contribution in [-0.4, -0.2) is 22.0 Å². The standard InChI is InChI=1S/C14H12N2O3S/c17-13(18)5-4-10-7-11(20-9-10)8-16-14(19)12-3-1-2-6-15-12/h1-7,9H,8H2,(H,16,19)(H,17,18). The summed E-state index contributed by atoms with van der Waals surface area (Å²) in [5, 5.41) is 13.1. The zero-order valence-corrected chi connectivity index (χ0v) is 11.3. The topological polar surface area (TPSA) is 79.3 Å². The van der Waals surface area contributed by atoms with Gasteiger partial charge in [0.1, 0.15) is 5.69 Å². The summed E-state index contributed by atoms with van der Waals surface area (Å²) in [5.41, 5.74) is 1.18. The van der Waals surface area contributed by atoms with E-state index in [0.29, 0.717) is 12.2 Å². The van der Waals surface area contributed by atoms with Gasteiger partial charge in [-0.3, -0.25) is 9.78 Å². The third-order valence-electron chi connectivity index (χ3n) is 2.41. The minimum absolute atomic E-state index is 0.235. The molecule has 102 valence electrons. The molecule has 2 aromatic heterocycles. The van der Waals surface area contributed by atoms with Gasteiger partial charge in [-0.05, 0) is 35.2 Å². The number of carbonyl (C=O) groups excluding carboxylic acids is 1.